The minimum absolute atomic E-state index is 0.109. The molecule has 4 nitrogen and oxygen atoms in total. The van der Waals surface area contributed by atoms with Crippen molar-refractivity contribution < 1.29 is 4.79 Å². The summed E-state index contributed by atoms with van der Waals surface area (Å²) in [6, 6.07) is 5.31. The van der Waals surface area contributed by atoms with E-state index in [0.717, 1.165) is 11.4 Å². The number of carbonyl (C=O) groups excluding carboxylic acids is 1. The third-order valence-corrected chi connectivity index (χ3v) is 2.45. The van der Waals surface area contributed by atoms with Gasteiger partial charge in [-0.1, -0.05) is 19.9 Å². The number of rotatable bonds is 5. The standard InChI is InChI=1S/C13H21N3O/c1-9(2)7-12(14)13(17)15-8-11-6-4-5-10(3)16-11/h4-6,9,12H,7-8,14H2,1-3H3,(H,15,17)/t12-/m1/s1. The number of nitrogens with zero attached hydrogens (tertiary/aromatic N) is 1. The number of amides is 1. The fourth-order valence-corrected chi connectivity index (χ4v) is 1.62. The molecule has 0 fully saturated rings. The minimum atomic E-state index is -0.431. The summed E-state index contributed by atoms with van der Waals surface area (Å²) in [4.78, 5) is 16.0. The Kier molecular flexibility index (Phi) is 5.10. The van der Waals surface area contributed by atoms with Crippen LogP contribution in [0.25, 0.3) is 0 Å². The molecule has 1 rings (SSSR count). The summed E-state index contributed by atoms with van der Waals surface area (Å²) in [5.41, 5.74) is 7.58. The highest BCUT2D eigenvalue weighted by Gasteiger charge is 2.14. The predicted octanol–water partition coefficient (Wildman–Crippen LogP) is 1.38. The molecule has 0 saturated carbocycles. The second kappa shape index (κ2) is 6.35. The lowest BCUT2D eigenvalue weighted by molar-refractivity contribution is -0.122. The first-order chi connectivity index (χ1) is 7.99. The van der Waals surface area contributed by atoms with E-state index in [-0.39, 0.29) is 5.91 Å². The Morgan fingerprint density at radius 1 is 1.47 bits per heavy atom. The van der Waals surface area contributed by atoms with Crippen molar-refractivity contribution in [1.82, 2.24) is 10.3 Å². The van der Waals surface area contributed by atoms with Crippen LogP contribution in [0.3, 0.4) is 0 Å². The van der Waals surface area contributed by atoms with Crippen molar-refractivity contribution in [2.24, 2.45) is 11.7 Å². The molecule has 1 heterocycles. The third kappa shape index (κ3) is 4.95. The largest absolute Gasteiger partial charge is 0.349 e. The lowest BCUT2D eigenvalue weighted by Gasteiger charge is -2.13. The third-order valence-electron chi connectivity index (χ3n) is 2.45. The second-order valence-corrected chi connectivity index (χ2v) is 4.72. The van der Waals surface area contributed by atoms with E-state index >= 15 is 0 Å². The van der Waals surface area contributed by atoms with Crippen LogP contribution in [0.1, 0.15) is 31.7 Å². The number of nitrogens with two attached hydrogens (primary N) is 1. The maximum Gasteiger partial charge on any atom is 0.237 e. The first-order valence-corrected chi connectivity index (χ1v) is 5.95. The van der Waals surface area contributed by atoms with Gasteiger partial charge in [-0.3, -0.25) is 9.78 Å². The highest BCUT2D eigenvalue weighted by Crippen LogP contribution is 2.03. The van der Waals surface area contributed by atoms with E-state index in [9.17, 15) is 4.79 Å². The molecular weight excluding hydrogens is 214 g/mol. The maximum atomic E-state index is 11.7. The van der Waals surface area contributed by atoms with E-state index in [4.69, 9.17) is 5.73 Å². The molecule has 3 N–H and O–H groups in total. The van der Waals surface area contributed by atoms with Crippen LogP contribution < -0.4 is 11.1 Å². The van der Waals surface area contributed by atoms with E-state index in [1.165, 1.54) is 0 Å². The lowest BCUT2D eigenvalue weighted by Crippen LogP contribution is -2.41. The number of aryl methyl sites for hydroxylation is 1. The molecule has 1 amide bonds. The van der Waals surface area contributed by atoms with Crippen molar-refractivity contribution in [2.45, 2.75) is 39.8 Å². The first kappa shape index (κ1) is 13.6. The zero-order chi connectivity index (χ0) is 12.8. The van der Waals surface area contributed by atoms with Crippen LogP contribution >= 0.6 is 0 Å². The smallest absolute Gasteiger partial charge is 0.237 e. The summed E-state index contributed by atoms with van der Waals surface area (Å²) in [5.74, 6) is 0.315. The van der Waals surface area contributed by atoms with Crippen LogP contribution in [0.15, 0.2) is 18.2 Å². The molecule has 1 aromatic heterocycles. The lowest BCUT2D eigenvalue weighted by atomic mass is 10.0. The van der Waals surface area contributed by atoms with Gasteiger partial charge in [-0.2, -0.15) is 0 Å². The van der Waals surface area contributed by atoms with E-state index in [0.29, 0.717) is 18.9 Å². The maximum absolute atomic E-state index is 11.7. The quantitative estimate of drug-likeness (QED) is 0.810. The van der Waals surface area contributed by atoms with Gasteiger partial charge in [-0.05, 0) is 31.4 Å². The van der Waals surface area contributed by atoms with Gasteiger partial charge in [0.05, 0.1) is 18.3 Å². The molecule has 1 atom stereocenters. The number of hydrogen-bond acceptors (Lipinski definition) is 3. The van der Waals surface area contributed by atoms with Gasteiger partial charge in [-0.15, -0.1) is 0 Å². The molecule has 4 heteroatoms. The Morgan fingerprint density at radius 3 is 2.76 bits per heavy atom. The monoisotopic (exact) mass is 235 g/mol. The van der Waals surface area contributed by atoms with E-state index in [1.807, 2.05) is 25.1 Å². The van der Waals surface area contributed by atoms with Gasteiger partial charge < -0.3 is 11.1 Å². The van der Waals surface area contributed by atoms with Gasteiger partial charge in [0.2, 0.25) is 5.91 Å². The molecule has 0 aromatic carbocycles. The summed E-state index contributed by atoms with van der Waals surface area (Å²) < 4.78 is 0. The second-order valence-electron chi connectivity index (χ2n) is 4.72. The molecule has 0 spiro atoms. The Hall–Kier alpha value is -1.42. The van der Waals surface area contributed by atoms with Gasteiger partial charge in [0.15, 0.2) is 0 Å². The number of carbonyl (C=O) groups is 1. The van der Waals surface area contributed by atoms with E-state index in [2.05, 4.69) is 24.1 Å². The Labute approximate surface area is 103 Å². The van der Waals surface area contributed by atoms with Crippen molar-refractivity contribution in [3.05, 3.63) is 29.6 Å². The van der Waals surface area contributed by atoms with Crippen molar-refractivity contribution in [3.63, 3.8) is 0 Å². The van der Waals surface area contributed by atoms with Gasteiger partial charge in [0.1, 0.15) is 0 Å². The summed E-state index contributed by atoms with van der Waals surface area (Å²) in [6.45, 7) is 6.46. The molecule has 0 aliphatic carbocycles. The van der Waals surface area contributed by atoms with Gasteiger partial charge >= 0.3 is 0 Å². The van der Waals surface area contributed by atoms with Crippen LogP contribution in [0, 0.1) is 12.8 Å². The number of nitrogens with one attached hydrogen (secondary N) is 1. The molecule has 0 aliphatic rings. The Balaban J connectivity index is 2.43. The molecule has 1 aromatic rings. The molecule has 0 bridgehead atoms. The molecule has 94 valence electrons. The molecule has 0 unspecified atom stereocenters. The van der Waals surface area contributed by atoms with Crippen molar-refractivity contribution >= 4 is 5.91 Å². The van der Waals surface area contributed by atoms with Crippen LogP contribution in [-0.2, 0) is 11.3 Å². The highest BCUT2D eigenvalue weighted by molar-refractivity contribution is 5.81. The summed E-state index contributed by atoms with van der Waals surface area (Å²) in [5, 5.41) is 2.80. The molecule has 0 radical (unpaired) electrons. The fraction of sp³-hybridized carbons (Fsp3) is 0.538. The van der Waals surface area contributed by atoms with Gasteiger partial charge in [0, 0.05) is 5.69 Å². The summed E-state index contributed by atoms with van der Waals surface area (Å²) in [7, 11) is 0. The summed E-state index contributed by atoms with van der Waals surface area (Å²) >= 11 is 0. The molecule has 17 heavy (non-hydrogen) atoms. The summed E-state index contributed by atoms with van der Waals surface area (Å²) in [6.07, 6.45) is 0.701. The normalized spacial score (nSPS) is 12.5. The van der Waals surface area contributed by atoms with Crippen molar-refractivity contribution in [3.8, 4) is 0 Å². The SMILES string of the molecule is Cc1cccc(CNC(=O)[C@H](N)CC(C)C)n1. The Morgan fingerprint density at radius 2 is 2.18 bits per heavy atom. The molecule has 0 saturated heterocycles. The van der Waals surface area contributed by atoms with E-state index in [1.54, 1.807) is 0 Å². The predicted molar refractivity (Wildman–Crippen MR) is 68.3 cm³/mol. The van der Waals surface area contributed by atoms with Crippen molar-refractivity contribution in [2.75, 3.05) is 0 Å². The van der Waals surface area contributed by atoms with Gasteiger partial charge in [0.25, 0.3) is 0 Å². The van der Waals surface area contributed by atoms with Crippen LogP contribution in [0.5, 0.6) is 0 Å². The van der Waals surface area contributed by atoms with Crippen LogP contribution in [-0.4, -0.2) is 16.9 Å². The molecule has 0 aliphatic heterocycles. The first-order valence-electron chi connectivity index (χ1n) is 5.95. The zero-order valence-electron chi connectivity index (χ0n) is 10.7. The topological polar surface area (TPSA) is 68.0 Å². The van der Waals surface area contributed by atoms with Gasteiger partial charge in [-0.25, -0.2) is 0 Å². The van der Waals surface area contributed by atoms with E-state index < -0.39 is 6.04 Å². The minimum Gasteiger partial charge on any atom is -0.349 e. The molecular formula is C13H21N3O. The average Bonchev–Trinajstić information content (AvgIpc) is 2.25. The number of pyridine rings is 1. The Bertz CT molecular complexity index is 377. The average molecular weight is 235 g/mol. The zero-order valence-corrected chi connectivity index (χ0v) is 10.7. The number of hydrogen-bond donors (Lipinski definition) is 2. The van der Waals surface area contributed by atoms with Crippen LogP contribution in [0.4, 0.5) is 0 Å². The highest BCUT2D eigenvalue weighted by atomic mass is 16.2. The number of aromatic nitrogens is 1. The van der Waals surface area contributed by atoms with Crippen molar-refractivity contribution in [1.29, 1.82) is 0 Å². The fourth-order valence-electron chi connectivity index (χ4n) is 1.62. The van der Waals surface area contributed by atoms with Crippen LogP contribution in [0.2, 0.25) is 0 Å².